The van der Waals surface area contributed by atoms with Crippen molar-refractivity contribution in [3.63, 3.8) is 0 Å². The maximum Gasteiger partial charge on any atom is 0.255 e. The molecule has 1 atom stereocenters. The van der Waals surface area contributed by atoms with Crippen LogP contribution in [0.4, 0.5) is 14.6 Å². The van der Waals surface area contributed by atoms with Gasteiger partial charge in [0.05, 0.1) is 18.3 Å². The van der Waals surface area contributed by atoms with Crippen molar-refractivity contribution >= 4 is 17.6 Å². The van der Waals surface area contributed by atoms with E-state index < -0.39 is 11.7 Å². The Hall–Kier alpha value is -3.86. The molecule has 1 aromatic carbocycles. The van der Waals surface area contributed by atoms with Gasteiger partial charge in [0.15, 0.2) is 5.82 Å². The molecule has 1 fully saturated rings. The molecule has 5 N–H and O–H groups in total. The molecule has 4 rings (SSSR count). The van der Waals surface area contributed by atoms with Gasteiger partial charge in [-0.05, 0) is 43.0 Å². The zero-order valence-corrected chi connectivity index (χ0v) is 19.1. The first-order chi connectivity index (χ1) is 17.0. The number of benzene rings is 1. The molecular formula is C24H27F2N7O2. The summed E-state index contributed by atoms with van der Waals surface area (Å²) < 4.78 is 28.4. The number of anilines is 1. The number of carbonyl (C=O) groups excluding carboxylic acids is 2. The fourth-order valence-corrected chi connectivity index (χ4v) is 4.20. The summed E-state index contributed by atoms with van der Waals surface area (Å²) in [4.78, 5) is 31.1. The average Bonchev–Trinajstić information content (AvgIpc) is 3.55. The lowest BCUT2D eigenvalue weighted by Gasteiger charge is -2.24. The largest absolute Gasteiger partial charge is 0.369 e. The van der Waals surface area contributed by atoms with Crippen molar-refractivity contribution in [2.75, 3.05) is 31.5 Å². The molecular weight excluding hydrogens is 456 g/mol. The first-order valence-electron chi connectivity index (χ1n) is 11.4. The first-order valence-corrected chi connectivity index (χ1v) is 11.4. The highest BCUT2D eigenvalue weighted by molar-refractivity contribution is 5.99. The number of rotatable bonds is 9. The third-order valence-electron chi connectivity index (χ3n) is 5.96. The Balaban J connectivity index is 1.52. The van der Waals surface area contributed by atoms with Gasteiger partial charge in [-0.1, -0.05) is 12.1 Å². The maximum absolute atomic E-state index is 14.9. The maximum atomic E-state index is 14.9. The summed E-state index contributed by atoms with van der Waals surface area (Å²) in [6, 6.07) is 7.18. The van der Waals surface area contributed by atoms with Crippen molar-refractivity contribution in [3.8, 4) is 11.3 Å². The first kappa shape index (κ1) is 24.3. The van der Waals surface area contributed by atoms with E-state index in [9.17, 15) is 18.4 Å². The highest BCUT2D eigenvalue weighted by Gasteiger charge is 2.28. The zero-order chi connectivity index (χ0) is 24.8. The lowest BCUT2D eigenvalue weighted by molar-refractivity contribution is -0.130. The van der Waals surface area contributed by atoms with Gasteiger partial charge in [-0.25, -0.2) is 13.8 Å². The normalized spacial score (nSPS) is 15.3. The molecule has 184 valence electrons. The van der Waals surface area contributed by atoms with E-state index in [4.69, 9.17) is 5.73 Å². The molecule has 2 aromatic heterocycles. The van der Waals surface area contributed by atoms with Gasteiger partial charge in [-0.3, -0.25) is 14.7 Å². The number of H-pyrrole nitrogens is 1. The van der Waals surface area contributed by atoms with E-state index in [0.29, 0.717) is 25.1 Å². The summed E-state index contributed by atoms with van der Waals surface area (Å²) in [5, 5.41) is 12.3. The highest BCUT2D eigenvalue weighted by Crippen LogP contribution is 2.25. The quantitative estimate of drug-likeness (QED) is 0.369. The third kappa shape index (κ3) is 5.80. The van der Waals surface area contributed by atoms with Gasteiger partial charge in [0.1, 0.15) is 17.3 Å². The molecule has 0 unspecified atom stereocenters. The van der Waals surface area contributed by atoms with Crippen molar-refractivity contribution in [1.82, 2.24) is 25.4 Å². The van der Waals surface area contributed by atoms with Crippen LogP contribution < -0.4 is 16.4 Å². The van der Waals surface area contributed by atoms with Gasteiger partial charge in [0.2, 0.25) is 5.91 Å². The second-order valence-corrected chi connectivity index (χ2v) is 8.31. The minimum atomic E-state index is -0.673. The van der Waals surface area contributed by atoms with Gasteiger partial charge in [0, 0.05) is 37.4 Å². The Kier molecular flexibility index (Phi) is 7.66. The van der Waals surface area contributed by atoms with Crippen molar-refractivity contribution in [2.45, 2.75) is 25.3 Å². The van der Waals surface area contributed by atoms with E-state index >= 15 is 0 Å². The van der Waals surface area contributed by atoms with Crippen molar-refractivity contribution in [3.05, 3.63) is 65.5 Å². The van der Waals surface area contributed by atoms with Gasteiger partial charge >= 0.3 is 0 Å². The molecule has 2 amide bonds. The van der Waals surface area contributed by atoms with Crippen LogP contribution in [0.1, 0.15) is 28.8 Å². The molecule has 35 heavy (non-hydrogen) atoms. The van der Waals surface area contributed by atoms with Crippen LogP contribution in [0, 0.1) is 11.6 Å². The lowest BCUT2D eigenvalue weighted by Crippen LogP contribution is -2.45. The third-order valence-corrected chi connectivity index (χ3v) is 5.96. The number of carbonyl (C=O) groups is 2. The standard InChI is InChI=1S/C24H27F2N7O2/c25-17-4-1-3-15(9-17)6-7-28-23-19(10-20(26)22(32-23)16-12-30-31-13-16)24(35)29-14-18-5-2-8-33(18)21(34)11-27/h1,3-4,9-10,12-13,18H,2,5-8,11,14,27H2,(H,28,32)(H,29,35)(H,30,31)/t18-/m1/s1. The summed E-state index contributed by atoms with van der Waals surface area (Å²) in [5.74, 6) is -1.50. The Morgan fingerprint density at radius 3 is 2.86 bits per heavy atom. The summed E-state index contributed by atoms with van der Waals surface area (Å²) in [6.07, 6.45) is 4.98. The number of nitrogens with zero attached hydrogens (tertiary/aromatic N) is 3. The summed E-state index contributed by atoms with van der Waals surface area (Å²) in [7, 11) is 0. The number of nitrogens with two attached hydrogens (primary N) is 1. The van der Waals surface area contributed by atoms with Crippen LogP contribution in [-0.2, 0) is 11.2 Å². The summed E-state index contributed by atoms with van der Waals surface area (Å²) >= 11 is 0. The van der Waals surface area contributed by atoms with Crippen molar-refractivity contribution in [2.24, 2.45) is 5.73 Å². The number of nitrogens with one attached hydrogen (secondary N) is 3. The van der Waals surface area contributed by atoms with Crippen LogP contribution in [0.15, 0.2) is 42.7 Å². The van der Waals surface area contributed by atoms with Crippen LogP contribution in [0.5, 0.6) is 0 Å². The van der Waals surface area contributed by atoms with Crippen LogP contribution >= 0.6 is 0 Å². The smallest absolute Gasteiger partial charge is 0.255 e. The molecule has 1 aliphatic heterocycles. The van der Waals surface area contributed by atoms with E-state index in [0.717, 1.165) is 24.5 Å². The Morgan fingerprint density at radius 2 is 2.11 bits per heavy atom. The molecule has 0 spiro atoms. The van der Waals surface area contributed by atoms with E-state index in [2.05, 4.69) is 25.8 Å². The Bertz CT molecular complexity index is 1190. The van der Waals surface area contributed by atoms with E-state index in [1.807, 2.05) is 0 Å². The second kappa shape index (κ2) is 11.0. The minimum absolute atomic E-state index is 0.0312. The molecule has 3 aromatic rings. The van der Waals surface area contributed by atoms with Crippen LogP contribution in [0.25, 0.3) is 11.3 Å². The molecule has 0 saturated carbocycles. The number of likely N-dealkylation sites (tertiary alicyclic amines) is 1. The molecule has 0 aliphatic carbocycles. The fourth-order valence-electron chi connectivity index (χ4n) is 4.20. The summed E-state index contributed by atoms with van der Waals surface area (Å²) in [6.45, 7) is 1.07. The Morgan fingerprint density at radius 1 is 1.26 bits per heavy atom. The average molecular weight is 484 g/mol. The van der Waals surface area contributed by atoms with Gasteiger partial charge in [-0.2, -0.15) is 5.10 Å². The van der Waals surface area contributed by atoms with Gasteiger partial charge in [-0.15, -0.1) is 0 Å². The molecule has 3 heterocycles. The molecule has 1 saturated heterocycles. The van der Waals surface area contributed by atoms with E-state index in [1.165, 1.54) is 24.5 Å². The number of amides is 2. The molecule has 1 aliphatic rings. The van der Waals surface area contributed by atoms with Gasteiger partial charge in [0.25, 0.3) is 5.91 Å². The molecule has 0 radical (unpaired) electrons. The molecule has 9 nitrogen and oxygen atoms in total. The Labute approximate surface area is 201 Å². The predicted molar refractivity (Wildman–Crippen MR) is 126 cm³/mol. The number of pyridine rings is 1. The monoisotopic (exact) mass is 483 g/mol. The summed E-state index contributed by atoms with van der Waals surface area (Å²) in [5.41, 5.74) is 6.76. The van der Waals surface area contributed by atoms with Crippen LogP contribution in [0.3, 0.4) is 0 Å². The van der Waals surface area contributed by atoms with E-state index in [-0.39, 0.29) is 47.9 Å². The van der Waals surface area contributed by atoms with Crippen LogP contribution in [0.2, 0.25) is 0 Å². The number of aromatic amines is 1. The molecule has 0 bridgehead atoms. The van der Waals surface area contributed by atoms with Gasteiger partial charge < -0.3 is 21.3 Å². The predicted octanol–water partition coefficient (Wildman–Crippen LogP) is 2.08. The second-order valence-electron chi connectivity index (χ2n) is 8.31. The topological polar surface area (TPSA) is 129 Å². The number of hydrogen-bond donors (Lipinski definition) is 4. The highest BCUT2D eigenvalue weighted by atomic mass is 19.1. The molecule has 11 heteroatoms. The number of halogens is 2. The zero-order valence-electron chi connectivity index (χ0n) is 19.1. The SMILES string of the molecule is NCC(=O)N1CCC[C@@H]1CNC(=O)c1cc(F)c(-c2cn[nH]c2)nc1NCCc1cccc(F)c1. The fraction of sp³-hybridized carbons (Fsp3) is 0.333. The number of aromatic nitrogens is 3. The minimum Gasteiger partial charge on any atom is -0.369 e. The van der Waals surface area contributed by atoms with E-state index in [1.54, 1.807) is 17.0 Å². The lowest BCUT2D eigenvalue weighted by atomic mass is 10.1. The van der Waals surface area contributed by atoms with Crippen LogP contribution in [-0.4, -0.2) is 64.1 Å². The van der Waals surface area contributed by atoms with Crippen molar-refractivity contribution < 1.29 is 18.4 Å². The van der Waals surface area contributed by atoms with Crippen molar-refractivity contribution in [1.29, 1.82) is 0 Å². The number of hydrogen-bond acceptors (Lipinski definition) is 6.